The summed E-state index contributed by atoms with van der Waals surface area (Å²) in [7, 11) is 1.64. The molecule has 1 fully saturated rings. The number of ether oxygens (including phenoxy) is 2. The van der Waals surface area contributed by atoms with Gasteiger partial charge >= 0.3 is 12.0 Å². The number of hydrogen-bond donors (Lipinski definition) is 1. The number of carbonyl (C=O) groups excluding carboxylic acids is 3. The van der Waals surface area contributed by atoms with Crippen molar-refractivity contribution in [2.75, 3.05) is 46.4 Å². The fourth-order valence-electron chi connectivity index (χ4n) is 4.91. The van der Waals surface area contributed by atoms with Crippen LogP contribution in [0.5, 0.6) is 11.5 Å². The Morgan fingerprint density at radius 2 is 1.73 bits per heavy atom. The van der Waals surface area contributed by atoms with Gasteiger partial charge < -0.3 is 24.1 Å². The van der Waals surface area contributed by atoms with E-state index in [-0.39, 0.29) is 18.5 Å². The molecule has 0 aliphatic carbocycles. The van der Waals surface area contributed by atoms with E-state index in [4.69, 9.17) is 13.9 Å². The molecule has 2 aromatic carbocycles. The topological polar surface area (TPSA) is 105 Å². The van der Waals surface area contributed by atoms with E-state index >= 15 is 0 Å². The predicted molar refractivity (Wildman–Crippen MR) is 147 cm³/mol. The summed E-state index contributed by atoms with van der Waals surface area (Å²) in [6, 6.07) is 19.0. The highest BCUT2D eigenvalue weighted by atomic mass is 16.5. The van der Waals surface area contributed by atoms with Gasteiger partial charge in [-0.05, 0) is 48.9 Å². The lowest BCUT2D eigenvalue weighted by Gasteiger charge is -2.39. The first-order chi connectivity index (χ1) is 19.4. The van der Waals surface area contributed by atoms with E-state index in [1.165, 1.54) is 11.2 Å². The van der Waals surface area contributed by atoms with Crippen molar-refractivity contribution in [3.63, 3.8) is 0 Å². The van der Waals surface area contributed by atoms with Crippen molar-refractivity contribution in [2.24, 2.45) is 0 Å². The first kappa shape index (κ1) is 27.0. The lowest BCUT2D eigenvalue weighted by molar-refractivity contribution is -0.139. The van der Waals surface area contributed by atoms with E-state index in [1.807, 2.05) is 54.6 Å². The van der Waals surface area contributed by atoms with Crippen LogP contribution in [0, 0.1) is 0 Å². The number of carbonyl (C=O) groups is 3. The Labute approximate surface area is 232 Å². The van der Waals surface area contributed by atoms with Crippen LogP contribution in [-0.4, -0.2) is 79.0 Å². The molecule has 2 aliphatic rings. The number of benzene rings is 2. The molecule has 3 amide bonds. The molecule has 3 heterocycles. The predicted octanol–water partition coefficient (Wildman–Crippen LogP) is 4.04. The lowest BCUT2D eigenvalue weighted by atomic mass is 9.94. The summed E-state index contributed by atoms with van der Waals surface area (Å²) in [5.74, 6) is 0.932. The molecule has 0 radical (unpaired) electrons. The zero-order valence-corrected chi connectivity index (χ0v) is 22.5. The number of piperazine rings is 1. The van der Waals surface area contributed by atoms with E-state index in [2.05, 4.69) is 10.2 Å². The molecule has 40 heavy (non-hydrogen) atoms. The number of nitrogens with zero attached hydrogens (tertiary/aromatic N) is 3. The number of para-hydroxylation sites is 1. The molecule has 0 unspecified atom stereocenters. The summed E-state index contributed by atoms with van der Waals surface area (Å²) in [5, 5.41) is 2.96. The maximum atomic E-state index is 13.4. The van der Waals surface area contributed by atoms with Crippen molar-refractivity contribution >= 4 is 17.9 Å². The molecule has 3 aromatic rings. The molecular weight excluding hydrogens is 512 g/mol. The number of furan rings is 1. The fourth-order valence-corrected chi connectivity index (χ4v) is 4.91. The third-order valence-electron chi connectivity index (χ3n) is 7.01. The van der Waals surface area contributed by atoms with Gasteiger partial charge in [0.05, 0.1) is 24.5 Å². The first-order valence-electron chi connectivity index (χ1n) is 13.3. The van der Waals surface area contributed by atoms with Crippen LogP contribution in [-0.2, 0) is 9.53 Å². The van der Waals surface area contributed by atoms with Crippen molar-refractivity contribution < 1.29 is 28.3 Å². The zero-order chi connectivity index (χ0) is 28.1. The first-order valence-corrected chi connectivity index (χ1v) is 13.3. The minimum atomic E-state index is -0.723. The van der Waals surface area contributed by atoms with Crippen molar-refractivity contribution in [1.29, 1.82) is 0 Å². The average Bonchev–Trinajstić information content (AvgIpc) is 3.51. The van der Waals surface area contributed by atoms with Crippen LogP contribution in [0.2, 0.25) is 0 Å². The molecule has 1 aromatic heterocycles. The Morgan fingerprint density at radius 1 is 0.975 bits per heavy atom. The highest BCUT2D eigenvalue weighted by molar-refractivity contribution is 5.95. The second-order valence-corrected chi connectivity index (χ2v) is 9.56. The highest BCUT2D eigenvalue weighted by Crippen LogP contribution is 2.34. The van der Waals surface area contributed by atoms with Gasteiger partial charge in [-0.15, -0.1) is 0 Å². The third-order valence-corrected chi connectivity index (χ3v) is 7.01. The number of hydrogen-bond acceptors (Lipinski definition) is 7. The monoisotopic (exact) mass is 544 g/mol. The average molecular weight is 545 g/mol. The van der Waals surface area contributed by atoms with Crippen molar-refractivity contribution in [2.45, 2.75) is 13.0 Å². The fraction of sp³-hybridized carbons (Fsp3) is 0.300. The molecule has 1 saturated heterocycles. The summed E-state index contributed by atoms with van der Waals surface area (Å²) in [6.45, 7) is 4.45. The summed E-state index contributed by atoms with van der Waals surface area (Å²) in [6.07, 6.45) is 1.48. The van der Waals surface area contributed by atoms with Gasteiger partial charge in [-0.3, -0.25) is 14.6 Å². The Morgan fingerprint density at radius 3 is 2.42 bits per heavy atom. The van der Waals surface area contributed by atoms with Gasteiger partial charge in [-0.25, -0.2) is 9.59 Å². The van der Waals surface area contributed by atoms with E-state index < -0.39 is 12.0 Å². The van der Waals surface area contributed by atoms with Crippen LogP contribution in [0.15, 0.2) is 88.7 Å². The Hall–Kier alpha value is -4.57. The number of urea groups is 1. The molecule has 10 heteroatoms. The van der Waals surface area contributed by atoms with Crippen molar-refractivity contribution in [3.05, 3.63) is 95.6 Å². The second kappa shape index (κ2) is 12.1. The molecule has 0 saturated carbocycles. The van der Waals surface area contributed by atoms with E-state index in [1.54, 1.807) is 31.0 Å². The van der Waals surface area contributed by atoms with Gasteiger partial charge in [0, 0.05) is 45.5 Å². The molecule has 0 spiro atoms. The van der Waals surface area contributed by atoms with Gasteiger partial charge in [-0.1, -0.05) is 30.3 Å². The standard InChI is InChI=1S/C30H32N4O6/c1-3-38-29(36)26-24(20-33-14-16-34(17-15-33)28(35)25-13-8-18-39-25)32(2)30(37)31-27(26)21-9-7-12-23(19-21)40-22-10-5-4-6-11-22/h4-13,18-19,27H,3,14-17,20H2,1-2H3,(H,31,37)/t27-/m0/s1. The molecule has 2 aliphatic heterocycles. The van der Waals surface area contributed by atoms with Crippen LogP contribution in [0.4, 0.5) is 4.79 Å². The van der Waals surface area contributed by atoms with Crippen LogP contribution < -0.4 is 10.1 Å². The van der Waals surface area contributed by atoms with Crippen LogP contribution in [0.3, 0.4) is 0 Å². The molecule has 10 nitrogen and oxygen atoms in total. The third kappa shape index (κ3) is 5.86. The maximum Gasteiger partial charge on any atom is 0.338 e. The normalized spacial score (nSPS) is 17.9. The van der Waals surface area contributed by atoms with Gasteiger partial charge in [0.15, 0.2) is 5.76 Å². The van der Waals surface area contributed by atoms with Gasteiger partial charge in [-0.2, -0.15) is 0 Å². The summed E-state index contributed by atoms with van der Waals surface area (Å²) in [4.78, 5) is 44.5. The quantitative estimate of drug-likeness (QED) is 0.427. The number of likely N-dealkylation sites (N-methyl/N-ethyl adjacent to an activating group) is 1. The lowest BCUT2D eigenvalue weighted by Crippen LogP contribution is -2.53. The summed E-state index contributed by atoms with van der Waals surface area (Å²) < 4.78 is 16.7. The van der Waals surface area contributed by atoms with Crippen LogP contribution in [0.25, 0.3) is 0 Å². The molecule has 1 N–H and O–H groups in total. The van der Waals surface area contributed by atoms with Crippen LogP contribution >= 0.6 is 0 Å². The number of amides is 3. The van der Waals surface area contributed by atoms with Crippen molar-refractivity contribution in [1.82, 2.24) is 20.0 Å². The van der Waals surface area contributed by atoms with Gasteiger partial charge in [0.2, 0.25) is 0 Å². The van der Waals surface area contributed by atoms with E-state index in [0.717, 1.165) is 0 Å². The Bertz CT molecular complexity index is 1380. The van der Waals surface area contributed by atoms with Crippen LogP contribution in [0.1, 0.15) is 29.1 Å². The molecule has 208 valence electrons. The Kier molecular flexibility index (Phi) is 8.16. The van der Waals surface area contributed by atoms with E-state index in [0.29, 0.717) is 66.8 Å². The van der Waals surface area contributed by atoms with Gasteiger partial charge in [0.25, 0.3) is 5.91 Å². The number of rotatable bonds is 8. The summed E-state index contributed by atoms with van der Waals surface area (Å²) >= 11 is 0. The zero-order valence-electron chi connectivity index (χ0n) is 22.5. The van der Waals surface area contributed by atoms with Gasteiger partial charge in [0.1, 0.15) is 11.5 Å². The SMILES string of the molecule is CCOC(=O)C1=C(CN2CCN(C(=O)c3ccco3)CC2)N(C)C(=O)N[C@H]1c1cccc(Oc2ccccc2)c1. The smallest absolute Gasteiger partial charge is 0.338 e. The molecule has 0 bridgehead atoms. The van der Waals surface area contributed by atoms with Crippen molar-refractivity contribution in [3.8, 4) is 11.5 Å². The second-order valence-electron chi connectivity index (χ2n) is 9.56. The maximum absolute atomic E-state index is 13.4. The minimum absolute atomic E-state index is 0.150. The summed E-state index contributed by atoms with van der Waals surface area (Å²) in [5.41, 5.74) is 1.63. The minimum Gasteiger partial charge on any atom is -0.463 e. The van der Waals surface area contributed by atoms with E-state index in [9.17, 15) is 14.4 Å². The molecular formula is C30H32N4O6. The number of esters is 1. The highest BCUT2D eigenvalue weighted by Gasteiger charge is 2.38. The molecule has 5 rings (SSSR count). The number of nitrogens with one attached hydrogen (secondary N) is 1. The Balaban J connectivity index is 1.40. The largest absolute Gasteiger partial charge is 0.463 e. The molecule has 1 atom stereocenters.